The molecular formula is C26H26N2O3. The summed E-state index contributed by atoms with van der Waals surface area (Å²) in [4.78, 5) is 29.1. The molecule has 1 aliphatic carbocycles. The Morgan fingerprint density at radius 3 is 2.68 bits per heavy atom. The van der Waals surface area contributed by atoms with Gasteiger partial charge in [-0.1, -0.05) is 31.4 Å². The molecule has 0 spiro atoms. The van der Waals surface area contributed by atoms with Gasteiger partial charge in [0.1, 0.15) is 0 Å². The van der Waals surface area contributed by atoms with Crippen LogP contribution >= 0.6 is 0 Å². The molecule has 2 aromatic heterocycles. The maximum absolute atomic E-state index is 12.6. The summed E-state index contributed by atoms with van der Waals surface area (Å²) in [5.74, 6) is 0.166. The topological polar surface area (TPSA) is 61.2 Å². The van der Waals surface area contributed by atoms with E-state index in [0.717, 1.165) is 35.2 Å². The first-order valence-electron chi connectivity index (χ1n) is 11.0. The lowest BCUT2D eigenvalue weighted by atomic mass is 9.81. The summed E-state index contributed by atoms with van der Waals surface area (Å²) in [7, 11) is 1.41. The van der Waals surface area contributed by atoms with E-state index >= 15 is 0 Å². The van der Waals surface area contributed by atoms with Crippen LogP contribution in [0.1, 0.15) is 66.4 Å². The number of hydrogen-bond donors (Lipinski definition) is 0. The van der Waals surface area contributed by atoms with Crippen LogP contribution in [-0.2, 0) is 16.1 Å². The molecule has 3 heterocycles. The molecule has 3 aromatic rings. The predicted octanol–water partition coefficient (Wildman–Crippen LogP) is 5.52. The summed E-state index contributed by atoms with van der Waals surface area (Å²) in [6.07, 6.45) is 11.6. The molecule has 31 heavy (non-hydrogen) atoms. The average Bonchev–Trinajstić information content (AvgIpc) is 3.01. The predicted molar refractivity (Wildman–Crippen MR) is 121 cm³/mol. The third kappa shape index (κ3) is 3.29. The number of benzene rings is 1. The zero-order valence-electron chi connectivity index (χ0n) is 18.0. The van der Waals surface area contributed by atoms with Crippen LogP contribution in [0.5, 0.6) is 0 Å². The molecule has 2 aliphatic rings. The molecule has 0 saturated heterocycles. The van der Waals surface area contributed by atoms with Gasteiger partial charge in [0, 0.05) is 34.4 Å². The number of fused-ring (bicyclic) bond motifs is 5. The normalized spacial score (nSPS) is 16.3. The molecule has 0 unspecified atom stereocenters. The Balaban J connectivity index is 1.86. The Morgan fingerprint density at radius 2 is 1.94 bits per heavy atom. The quantitative estimate of drug-likeness (QED) is 0.418. The number of carbonyl (C=O) groups is 2. The number of Topliss-reactive ketones (excluding diaryl/α,β-unsaturated/α-hetero) is 1. The second-order valence-corrected chi connectivity index (χ2v) is 8.60. The van der Waals surface area contributed by atoms with Gasteiger partial charge in [0.05, 0.1) is 24.9 Å². The van der Waals surface area contributed by atoms with E-state index in [9.17, 15) is 9.59 Å². The zero-order chi connectivity index (χ0) is 21.5. The number of ether oxygens (including phenoxy) is 1. The number of carbonyl (C=O) groups excluding carboxylic acids is 2. The second kappa shape index (κ2) is 7.80. The van der Waals surface area contributed by atoms with Gasteiger partial charge >= 0.3 is 5.97 Å². The van der Waals surface area contributed by atoms with E-state index in [1.54, 1.807) is 13.1 Å². The van der Waals surface area contributed by atoms with E-state index < -0.39 is 0 Å². The fraction of sp³-hybridized carbons (Fsp3) is 0.346. The Labute approximate surface area is 181 Å². The lowest BCUT2D eigenvalue weighted by Gasteiger charge is -2.23. The van der Waals surface area contributed by atoms with E-state index in [-0.39, 0.29) is 11.8 Å². The number of esters is 1. The van der Waals surface area contributed by atoms with Crippen LogP contribution in [0.3, 0.4) is 0 Å². The van der Waals surface area contributed by atoms with Crippen molar-refractivity contribution in [3.8, 4) is 11.3 Å². The molecule has 5 rings (SSSR count). The van der Waals surface area contributed by atoms with Gasteiger partial charge in [-0.05, 0) is 55.0 Å². The highest BCUT2D eigenvalue weighted by Crippen LogP contribution is 2.46. The number of pyridine rings is 1. The van der Waals surface area contributed by atoms with Gasteiger partial charge in [0.2, 0.25) is 0 Å². The largest absolute Gasteiger partial charge is 0.466 e. The molecule has 0 atom stereocenters. The fourth-order valence-corrected chi connectivity index (χ4v) is 5.24. The van der Waals surface area contributed by atoms with E-state index in [1.807, 2.05) is 30.5 Å². The molecule has 0 bridgehead atoms. The molecule has 5 heteroatoms. The smallest absolute Gasteiger partial charge is 0.335 e. The summed E-state index contributed by atoms with van der Waals surface area (Å²) < 4.78 is 7.28. The molecule has 0 N–H and O–H groups in total. The first kappa shape index (κ1) is 19.7. The van der Waals surface area contributed by atoms with Crippen molar-refractivity contribution in [3.63, 3.8) is 0 Å². The van der Waals surface area contributed by atoms with Crippen LogP contribution in [0.2, 0.25) is 0 Å². The van der Waals surface area contributed by atoms with Crippen LogP contribution in [0.15, 0.2) is 42.2 Å². The highest BCUT2D eigenvalue weighted by molar-refractivity contribution is 6.03. The Kier molecular flexibility index (Phi) is 4.97. The van der Waals surface area contributed by atoms with Gasteiger partial charge in [0.25, 0.3) is 0 Å². The van der Waals surface area contributed by atoms with Crippen LogP contribution in [-0.4, -0.2) is 28.4 Å². The highest BCUT2D eigenvalue weighted by Gasteiger charge is 2.30. The third-order valence-corrected chi connectivity index (χ3v) is 6.74. The maximum atomic E-state index is 12.6. The van der Waals surface area contributed by atoms with Crippen molar-refractivity contribution in [1.82, 2.24) is 9.55 Å². The number of hydrogen-bond acceptors (Lipinski definition) is 4. The van der Waals surface area contributed by atoms with Crippen LogP contribution in [0, 0.1) is 0 Å². The molecule has 0 amide bonds. The molecule has 1 saturated carbocycles. The van der Waals surface area contributed by atoms with Crippen molar-refractivity contribution in [3.05, 3.63) is 58.9 Å². The first-order chi connectivity index (χ1) is 15.1. The van der Waals surface area contributed by atoms with Crippen LogP contribution < -0.4 is 0 Å². The van der Waals surface area contributed by atoms with Gasteiger partial charge in [0.15, 0.2) is 5.78 Å². The van der Waals surface area contributed by atoms with E-state index in [2.05, 4.69) is 15.6 Å². The number of nitrogens with zero attached hydrogens (tertiary/aromatic N) is 2. The summed E-state index contributed by atoms with van der Waals surface area (Å²) in [6, 6.07) is 7.95. The van der Waals surface area contributed by atoms with Crippen LogP contribution in [0.4, 0.5) is 0 Å². The van der Waals surface area contributed by atoms with E-state index in [1.165, 1.54) is 37.3 Å². The minimum absolute atomic E-state index is 0.0380. The zero-order valence-corrected chi connectivity index (χ0v) is 18.0. The number of aromatic nitrogens is 2. The Morgan fingerprint density at radius 1 is 1.13 bits per heavy atom. The molecule has 0 radical (unpaired) electrons. The summed E-state index contributed by atoms with van der Waals surface area (Å²) in [5, 5.41) is 1.17. The van der Waals surface area contributed by atoms with Crippen molar-refractivity contribution < 1.29 is 14.3 Å². The van der Waals surface area contributed by atoms with Crippen molar-refractivity contribution in [2.24, 2.45) is 0 Å². The monoisotopic (exact) mass is 414 g/mol. The lowest BCUT2D eigenvalue weighted by Crippen LogP contribution is -2.11. The summed E-state index contributed by atoms with van der Waals surface area (Å²) in [5.41, 5.74) is 6.73. The first-order valence-corrected chi connectivity index (χ1v) is 11.0. The average molecular weight is 415 g/mol. The molecule has 5 nitrogen and oxygen atoms in total. The molecule has 1 aromatic carbocycles. The molecule has 1 aliphatic heterocycles. The van der Waals surface area contributed by atoms with Gasteiger partial charge < -0.3 is 9.30 Å². The number of methoxy groups -OCH3 is 1. The summed E-state index contributed by atoms with van der Waals surface area (Å²) >= 11 is 0. The maximum Gasteiger partial charge on any atom is 0.335 e. The molecular weight excluding hydrogens is 388 g/mol. The van der Waals surface area contributed by atoms with Crippen molar-refractivity contribution in [1.29, 1.82) is 0 Å². The fourth-order valence-electron chi connectivity index (χ4n) is 5.24. The second-order valence-electron chi connectivity index (χ2n) is 8.60. The van der Waals surface area contributed by atoms with Gasteiger partial charge in [-0.3, -0.25) is 9.78 Å². The number of rotatable bonds is 3. The lowest BCUT2D eigenvalue weighted by molar-refractivity contribution is -0.136. The van der Waals surface area contributed by atoms with Gasteiger partial charge in [-0.15, -0.1) is 0 Å². The summed E-state index contributed by atoms with van der Waals surface area (Å²) in [6.45, 7) is 2.00. The highest BCUT2D eigenvalue weighted by atomic mass is 16.5. The van der Waals surface area contributed by atoms with E-state index in [4.69, 9.17) is 4.74 Å². The van der Waals surface area contributed by atoms with Gasteiger partial charge in [-0.25, -0.2) is 4.79 Å². The van der Waals surface area contributed by atoms with Crippen molar-refractivity contribution in [2.45, 2.75) is 51.5 Å². The minimum Gasteiger partial charge on any atom is -0.466 e. The molecule has 158 valence electrons. The van der Waals surface area contributed by atoms with E-state index in [0.29, 0.717) is 23.6 Å². The standard InChI is InChI=1S/C26H26N2O3/c1-16(29)18-8-9-21-23(13-18)28-15-20(26(30)31-2)12-19-10-11-27-14-22(19)25(28)24(21)17-6-4-3-5-7-17/h8-14,17H,3-7,15H2,1-2H3. The minimum atomic E-state index is -0.334. The third-order valence-electron chi connectivity index (χ3n) is 6.74. The Hall–Kier alpha value is -3.21. The van der Waals surface area contributed by atoms with Crippen molar-refractivity contribution >= 4 is 28.7 Å². The van der Waals surface area contributed by atoms with Gasteiger partial charge in [-0.2, -0.15) is 0 Å². The Bertz CT molecular complexity index is 1230. The number of ketones is 1. The SMILES string of the molecule is COC(=O)C1=Cc2ccncc2-c2c(C3CCCCC3)c3ccc(C(C)=O)cc3n2C1. The molecule has 1 fully saturated rings. The van der Waals surface area contributed by atoms with Crippen LogP contribution in [0.25, 0.3) is 28.2 Å². The van der Waals surface area contributed by atoms with Crippen molar-refractivity contribution in [2.75, 3.05) is 7.11 Å².